The van der Waals surface area contributed by atoms with E-state index in [-0.39, 0.29) is 17.3 Å². The van der Waals surface area contributed by atoms with Crippen LogP contribution in [0, 0.1) is 23.2 Å². The van der Waals surface area contributed by atoms with Gasteiger partial charge in [-0.15, -0.1) is 0 Å². The van der Waals surface area contributed by atoms with Gasteiger partial charge >= 0.3 is 5.97 Å². The van der Waals surface area contributed by atoms with Crippen molar-refractivity contribution in [2.24, 2.45) is 23.2 Å². The van der Waals surface area contributed by atoms with Gasteiger partial charge in [-0.1, -0.05) is 0 Å². The molecule has 4 aliphatic carbocycles. The molecule has 4 saturated carbocycles. The molecule has 0 aromatic carbocycles. The second-order valence-electron chi connectivity index (χ2n) is 9.19. The number of esters is 1. The first-order valence-electron chi connectivity index (χ1n) is 9.94. The van der Waals surface area contributed by atoms with Crippen LogP contribution in [0.25, 0.3) is 0 Å². The average Bonchev–Trinajstić information content (AvgIpc) is 3.05. The Labute approximate surface area is 153 Å². The van der Waals surface area contributed by atoms with Crippen LogP contribution in [0.1, 0.15) is 56.3 Å². The SMILES string of the molecule is COC(=O)C1Cc2nc[nH]c2CN1C(=O)CC12CC3CC(CC(C3)C1)C2. The molecule has 5 aliphatic rings. The van der Waals surface area contributed by atoms with Gasteiger partial charge in [0.1, 0.15) is 6.04 Å². The van der Waals surface area contributed by atoms with Crippen LogP contribution in [0.5, 0.6) is 0 Å². The van der Waals surface area contributed by atoms with Crippen LogP contribution in [-0.4, -0.2) is 39.9 Å². The Hall–Kier alpha value is -1.85. The minimum absolute atomic E-state index is 0.114. The molecule has 1 unspecified atom stereocenters. The van der Waals surface area contributed by atoms with Gasteiger partial charge in [0, 0.05) is 12.8 Å². The fraction of sp³-hybridized carbons (Fsp3) is 0.750. The van der Waals surface area contributed by atoms with Crippen LogP contribution >= 0.6 is 0 Å². The van der Waals surface area contributed by atoms with E-state index in [1.165, 1.54) is 45.6 Å². The standard InChI is InChI=1S/C20H27N3O3/c1-26-19(25)17-5-15-16(22-11-21-15)10-23(17)18(24)9-20-6-12-2-13(7-20)4-14(3-12)8-20/h11-14,17H,2-10H2,1H3,(H,21,22). The topological polar surface area (TPSA) is 75.3 Å². The molecule has 1 N–H and O–H groups in total. The summed E-state index contributed by atoms with van der Waals surface area (Å²) >= 11 is 0. The molecule has 1 aliphatic heterocycles. The second-order valence-corrected chi connectivity index (χ2v) is 9.19. The summed E-state index contributed by atoms with van der Waals surface area (Å²) in [6.07, 6.45) is 10.4. The van der Waals surface area contributed by atoms with Gasteiger partial charge in [0.25, 0.3) is 0 Å². The number of hydrogen-bond acceptors (Lipinski definition) is 4. The van der Waals surface area contributed by atoms with Crippen molar-refractivity contribution in [3.63, 3.8) is 0 Å². The van der Waals surface area contributed by atoms with Crippen LogP contribution in [0.2, 0.25) is 0 Å². The summed E-state index contributed by atoms with van der Waals surface area (Å²) in [5.74, 6) is 2.25. The molecular weight excluding hydrogens is 330 g/mol. The predicted octanol–water partition coefficient (Wildman–Crippen LogP) is 2.44. The summed E-state index contributed by atoms with van der Waals surface area (Å²) in [4.78, 5) is 34.8. The summed E-state index contributed by atoms with van der Waals surface area (Å²) in [5, 5.41) is 0. The third-order valence-corrected chi connectivity index (χ3v) is 7.38. The number of nitrogens with one attached hydrogen (secondary N) is 1. The van der Waals surface area contributed by atoms with Crippen molar-refractivity contribution in [1.82, 2.24) is 14.9 Å². The van der Waals surface area contributed by atoms with Crippen LogP contribution in [0.4, 0.5) is 0 Å². The van der Waals surface area contributed by atoms with E-state index in [0.29, 0.717) is 19.4 Å². The normalized spacial score (nSPS) is 37.5. The quantitative estimate of drug-likeness (QED) is 0.843. The first-order chi connectivity index (χ1) is 12.5. The van der Waals surface area contributed by atoms with E-state index < -0.39 is 6.04 Å². The Balaban J connectivity index is 1.38. The lowest BCUT2D eigenvalue weighted by molar-refractivity contribution is -0.157. The molecule has 0 radical (unpaired) electrons. The zero-order valence-corrected chi connectivity index (χ0v) is 15.4. The van der Waals surface area contributed by atoms with E-state index in [4.69, 9.17) is 4.74 Å². The van der Waals surface area contributed by atoms with Crippen molar-refractivity contribution in [2.75, 3.05) is 7.11 Å². The summed E-state index contributed by atoms with van der Waals surface area (Å²) in [6.45, 7) is 0.431. The molecule has 6 heteroatoms. The lowest BCUT2D eigenvalue weighted by Gasteiger charge is -2.57. The van der Waals surface area contributed by atoms with Crippen molar-refractivity contribution in [1.29, 1.82) is 0 Å². The van der Waals surface area contributed by atoms with Crippen LogP contribution in [-0.2, 0) is 27.3 Å². The van der Waals surface area contributed by atoms with Gasteiger partial charge in [0.15, 0.2) is 0 Å². The summed E-state index contributed by atoms with van der Waals surface area (Å²) in [5.41, 5.74) is 2.00. The number of ether oxygens (including phenoxy) is 1. The third kappa shape index (κ3) is 2.57. The minimum atomic E-state index is -0.544. The molecule has 140 valence electrons. The van der Waals surface area contributed by atoms with E-state index in [1.807, 2.05) is 0 Å². The molecule has 6 nitrogen and oxygen atoms in total. The maximum Gasteiger partial charge on any atom is 0.329 e. The zero-order valence-electron chi connectivity index (χ0n) is 15.4. The number of rotatable bonds is 3. The predicted molar refractivity (Wildman–Crippen MR) is 93.9 cm³/mol. The largest absolute Gasteiger partial charge is 0.467 e. The van der Waals surface area contributed by atoms with Crippen LogP contribution < -0.4 is 0 Å². The molecule has 6 rings (SSSR count). The van der Waals surface area contributed by atoms with Gasteiger partial charge in [0.2, 0.25) is 5.91 Å². The lowest BCUT2D eigenvalue weighted by atomic mass is 9.49. The van der Waals surface area contributed by atoms with Gasteiger partial charge in [-0.05, 0) is 61.7 Å². The van der Waals surface area contributed by atoms with Gasteiger partial charge in [-0.2, -0.15) is 0 Å². The first kappa shape index (κ1) is 16.3. The van der Waals surface area contributed by atoms with Crippen molar-refractivity contribution in [2.45, 2.75) is 64.0 Å². The van der Waals surface area contributed by atoms with E-state index in [2.05, 4.69) is 9.97 Å². The summed E-state index contributed by atoms with van der Waals surface area (Å²) in [7, 11) is 1.39. The first-order valence-corrected chi connectivity index (χ1v) is 9.94. The number of amides is 1. The number of carbonyl (C=O) groups is 2. The van der Waals surface area contributed by atoms with Crippen molar-refractivity contribution in [3.05, 3.63) is 17.7 Å². The molecule has 1 aromatic rings. The zero-order chi connectivity index (χ0) is 17.9. The lowest BCUT2D eigenvalue weighted by Crippen LogP contribution is -2.52. The molecular formula is C20H27N3O3. The number of H-pyrrole nitrogens is 1. The highest BCUT2D eigenvalue weighted by atomic mass is 16.5. The number of fused-ring (bicyclic) bond motifs is 1. The number of nitrogens with zero attached hydrogens (tertiary/aromatic N) is 2. The third-order valence-electron chi connectivity index (χ3n) is 7.38. The molecule has 2 heterocycles. The number of hydrogen-bond donors (Lipinski definition) is 1. The molecule has 26 heavy (non-hydrogen) atoms. The highest BCUT2D eigenvalue weighted by Gasteiger charge is 2.52. The van der Waals surface area contributed by atoms with E-state index in [9.17, 15) is 9.59 Å². The fourth-order valence-corrected chi connectivity index (χ4v) is 6.77. The van der Waals surface area contributed by atoms with Gasteiger partial charge in [-0.25, -0.2) is 9.78 Å². The van der Waals surface area contributed by atoms with Crippen molar-refractivity contribution >= 4 is 11.9 Å². The Kier molecular flexibility index (Phi) is 3.66. The second kappa shape index (κ2) is 5.83. The summed E-state index contributed by atoms with van der Waals surface area (Å²) in [6, 6.07) is -0.544. The van der Waals surface area contributed by atoms with E-state index in [1.54, 1.807) is 11.2 Å². The Morgan fingerprint density at radius 3 is 2.50 bits per heavy atom. The number of imidazole rings is 1. The molecule has 1 atom stereocenters. The van der Waals surface area contributed by atoms with Gasteiger partial charge in [0.05, 0.1) is 31.4 Å². The number of aromatic nitrogens is 2. The molecule has 0 saturated heterocycles. The highest BCUT2D eigenvalue weighted by molar-refractivity contribution is 5.85. The number of carbonyl (C=O) groups excluding carboxylic acids is 2. The van der Waals surface area contributed by atoms with Gasteiger partial charge < -0.3 is 14.6 Å². The average molecular weight is 357 g/mol. The molecule has 1 aromatic heterocycles. The monoisotopic (exact) mass is 357 g/mol. The van der Waals surface area contributed by atoms with E-state index in [0.717, 1.165) is 29.1 Å². The Morgan fingerprint density at radius 1 is 1.23 bits per heavy atom. The smallest absolute Gasteiger partial charge is 0.329 e. The van der Waals surface area contributed by atoms with Crippen molar-refractivity contribution in [3.8, 4) is 0 Å². The number of methoxy groups -OCH3 is 1. The molecule has 4 fully saturated rings. The molecule has 0 spiro atoms. The van der Waals surface area contributed by atoms with E-state index >= 15 is 0 Å². The maximum absolute atomic E-state index is 13.3. The van der Waals surface area contributed by atoms with Crippen LogP contribution in [0.15, 0.2) is 6.33 Å². The van der Waals surface area contributed by atoms with Crippen LogP contribution in [0.3, 0.4) is 0 Å². The minimum Gasteiger partial charge on any atom is -0.467 e. The fourth-order valence-electron chi connectivity index (χ4n) is 6.77. The molecule has 4 bridgehead atoms. The number of aromatic amines is 1. The van der Waals surface area contributed by atoms with Gasteiger partial charge in [-0.3, -0.25) is 4.79 Å². The molecule has 1 amide bonds. The highest BCUT2D eigenvalue weighted by Crippen LogP contribution is 2.61. The Morgan fingerprint density at radius 2 is 1.88 bits per heavy atom. The maximum atomic E-state index is 13.3. The Bertz CT molecular complexity index is 705. The summed E-state index contributed by atoms with van der Waals surface area (Å²) < 4.78 is 4.98. The van der Waals surface area contributed by atoms with Crippen molar-refractivity contribution < 1.29 is 14.3 Å².